The van der Waals surface area contributed by atoms with Crippen LogP contribution in [0.2, 0.25) is 0 Å². The Morgan fingerprint density at radius 3 is 2.80 bits per heavy atom. The third-order valence-electron chi connectivity index (χ3n) is 5.03. The van der Waals surface area contributed by atoms with E-state index in [-0.39, 0.29) is 23.8 Å². The molecule has 0 N–H and O–H groups in total. The summed E-state index contributed by atoms with van der Waals surface area (Å²) in [6.07, 6.45) is 2.31. The van der Waals surface area contributed by atoms with Crippen molar-refractivity contribution in [3.63, 3.8) is 0 Å². The third kappa shape index (κ3) is 2.91. The minimum absolute atomic E-state index is 0.0749. The lowest BCUT2D eigenvalue weighted by Gasteiger charge is -2.34. The van der Waals surface area contributed by atoms with Gasteiger partial charge in [0.15, 0.2) is 0 Å². The molecule has 2 unspecified atom stereocenters. The second-order valence-corrected chi connectivity index (χ2v) is 6.98. The lowest BCUT2D eigenvalue weighted by Crippen LogP contribution is -2.52. The first-order valence-electron chi connectivity index (χ1n) is 8.57. The highest BCUT2D eigenvalue weighted by Crippen LogP contribution is 2.30. The summed E-state index contributed by atoms with van der Waals surface area (Å²) in [6.45, 7) is 4.69. The Morgan fingerprint density at radius 1 is 1.40 bits per heavy atom. The summed E-state index contributed by atoms with van der Waals surface area (Å²) in [5.74, 6) is -0.422. The first kappa shape index (κ1) is 17.2. The molecule has 0 saturated carbocycles. The van der Waals surface area contributed by atoms with Crippen LogP contribution in [0.3, 0.4) is 0 Å². The molecule has 2 heterocycles. The van der Waals surface area contributed by atoms with E-state index in [1.54, 1.807) is 28.0 Å². The number of carbonyl (C=O) groups is 3. The van der Waals surface area contributed by atoms with Gasteiger partial charge in [-0.3, -0.25) is 9.59 Å². The number of nitriles is 1. The SMILES string of the molecule is CC(C)C(C(=O)N1CCCC1C=O)N1Cc2cc(C#N)ccc2C1=O. The lowest BCUT2D eigenvalue weighted by molar-refractivity contribution is -0.140. The molecule has 130 valence electrons. The van der Waals surface area contributed by atoms with E-state index >= 15 is 0 Å². The number of hydrogen-bond acceptors (Lipinski definition) is 4. The van der Waals surface area contributed by atoms with Crippen LogP contribution in [-0.2, 0) is 16.1 Å². The molecule has 25 heavy (non-hydrogen) atoms. The second-order valence-electron chi connectivity index (χ2n) is 6.98. The maximum absolute atomic E-state index is 13.1. The minimum atomic E-state index is -0.606. The van der Waals surface area contributed by atoms with Crippen molar-refractivity contribution >= 4 is 18.1 Å². The van der Waals surface area contributed by atoms with Crippen LogP contribution in [0.5, 0.6) is 0 Å². The quantitative estimate of drug-likeness (QED) is 0.782. The summed E-state index contributed by atoms with van der Waals surface area (Å²) < 4.78 is 0. The minimum Gasteiger partial charge on any atom is -0.331 e. The Kier molecular flexibility index (Phi) is 4.58. The fraction of sp³-hybridized carbons (Fsp3) is 0.474. The van der Waals surface area contributed by atoms with Crippen molar-refractivity contribution in [3.8, 4) is 6.07 Å². The van der Waals surface area contributed by atoms with Crippen LogP contribution in [0.15, 0.2) is 18.2 Å². The van der Waals surface area contributed by atoms with Crippen molar-refractivity contribution in [1.82, 2.24) is 9.80 Å². The first-order valence-corrected chi connectivity index (χ1v) is 8.57. The molecule has 2 atom stereocenters. The number of likely N-dealkylation sites (tertiary alicyclic amines) is 1. The van der Waals surface area contributed by atoms with Crippen LogP contribution < -0.4 is 0 Å². The molecule has 2 aliphatic heterocycles. The molecule has 0 aromatic heterocycles. The maximum atomic E-state index is 13.1. The molecule has 2 amide bonds. The highest BCUT2D eigenvalue weighted by Gasteiger charge is 2.42. The van der Waals surface area contributed by atoms with Gasteiger partial charge in [-0.1, -0.05) is 13.8 Å². The number of amides is 2. The Bertz CT molecular complexity index is 766. The van der Waals surface area contributed by atoms with Crippen LogP contribution in [0.1, 0.15) is 48.2 Å². The van der Waals surface area contributed by atoms with Gasteiger partial charge in [-0.2, -0.15) is 5.26 Å². The Hall–Kier alpha value is -2.68. The monoisotopic (exact) mass is 339 g/mol. The first-order chi connectivity index (χ1) is 12.0. The van der Waals surface area contributed by atoms with Gasteiger partial charge in [-0.15, -0.1) is 0 Å². The molecule has 1 aromatic rings. The Labute approximate surface area is 147 Å². The van der Waals surface area contributed by atoms with E-state index in [9.17, 15) is 14.4 Å². The highest BCUT2D eigenvalue weighted by atomic mass is 16.2. The Morgan fingerprint density at radius 2 is 2.16 bits per heavy atom. The molecule has 0 bridgehead atoms. The van der Waals surface area contributed by atoms with Gasteiger partial charge in [-0.05, 0) is 42.5 Å². The molecule has 3 rings (SSSR count). The van der Waals surface area contributed by atoms with Gasteiger partial charge >= 0.3 is 0 Å². The number of hydrogen-bond donors (Lipinski definition) is 0. The summed E-state index contributed by atoms with van der Waals surface area (Å²) >= 11 is 0. The summed E-state index contributed by atoms with van der Waals surface area (Å²) in [5, 5.41) is 9.04. The number of carbonyl (C=O) groups excluding carboxylic acids is 3. The van der Waals surface area contributed by atoms with E-state index in [0.717, 1.165) is 18.3 Å². The van der Waals surface area contributed by atoms with Crippen LogP contribution in [0, 0.1) is 17.2 Å². The zero-order chi connectivity index (χ0) is 18.1. The molecule has 6 nitrogen and oxygen atoms in total. The van der Waals surface area contributed by atoms with E-state index < -0.39 is 6.04 Å². The molecular weight excluding hydrogens is 318 g/mol. The molecule has 0 radical (unpaired) electrons. The predicted molar refractivity (Wildman–Crippen MR) is 90.5 cm³/mol. The molecule has 1 aromatic carbocycles. The predicted octanol–water partition coefficient (Wildman–Crippen LogP) is 1.73. The van der Waals surface area contributed by atoms with Gasteiger partial charge < -0.3 is 14.6 Å². The van der Waals surface area contributed by atoms with Crippen molar-refractivity contribution in [3.05, 3.63) is 34.9 Å². The lowest BCUT2D eigenvalue weighted by atomic mass is 10.0. The number of nitrogens with zero attached hydrogens (tertiary/aromatic N) is 3. The van der Waals surface area contributed by atoms with E-state index in [1.165, 1.54) is 0 Å². The number of rotatable bonds is 4. The topological polar surface area (TPSA) is 81.5 Å². The van der Waals surface area contributed by atoms with Gasteiger partial charge in [0.2, 0.25) is 5.91 Å². The smallest absolute Gasteiger partial charge is 0.255 e. The number of aldehydes is 1. The summed E-state index contributed by atoms with van der Waals surface area (Å²) in [4.78, 5) is 40.3. The van der Waals surface area contributed by atoms with Crippen molar-refractivity contribution in [2.75, 3.05) is 6.54 Å². The van der Waals surface area contributed by atoms with Gasteiger partial charge in [0.05, 0.1) is 17.7 Å². The van der Waals surface area contributed by atoms with E-state index in [4.69, 9.17) is 5.26 Å². The summed E-state index contributed by atoms with van der Waals surface area (Å²) in [5.41, 5.74) is 1.82. The fourth-order valence-corrected chi connectivity index (χ4v) is 3.79. The fourth-order valence-electron chi connectivity index (χ4n) is 3.79. The van der Waals surface area contributed by atoms with Crippen molar-refractivity contribution < 1.29 is 14.4 Å². The average Bonchev–Trinajstić information content (AvgIpc) is 3.19. The zero-order valence-electron chi connectivity index (χ0n) is 14.4. The van der Waals surface area contributed by atoms with Crippen LogP contribution >= 0.6 is 0 Å². The average molecular weight is 339 g/mol. The van der Waals surface area contributed by atoms with E-state index in [1.807, 2.05) is 13.8 Å². The van der Waals surface area contributed by atoms with Crippen molar-refractivity contribution in [2.24, 2.45) is 5.92 Å². The van der Waals surface area contributed by atoms with Crippen molar-refractivity contribution in [2.45, 2.75) is 45.3 Å². The van der Waals surface area contributed by atoms with Crippen LogP contribution in [0.4, 0.5) is 0 Å². The van der Waals surface area contributed by atoms with Gasteiger partial charge in [-0.25, -0.2) is 0 Å². The van der Waals surface area contributed by atoms with Gasteiger partial charge in [0.25, 0.3) is 5.91 Å². The van der Waals surface area contributed by atoms with Crippen molar-refractivity contribution in [1.29, 1.82) is 5.26 Å². The highest BCUT2D eigenvalue weighted by molar-refractivity contribution is 6.01. The third-order valence-corrected chi connectivity index (χ3v) is 5.03. The second kappa shape index (κ2) is 6.67. The van der Waals surface area contributed by atoms with Crippen LogP contribution in [-0.4, -0.2) is 46.5 Å². The normalized spacial score (nSPS) is 20.6. The molecule has 0 aliphatic carbocycles. The Balaban J connectivity index is 1.89. The molecule has 6 heteroatoms. The molecular formula is C19H21N3O3. The maximum Gasteiger partial charge on any atom is 0.255 e. The molecule has 1 fully saturated rings. The molecule has 1 saturated heterocycles. The molecule has 0 spiro atoms. The largest absolute Gasteiger partial charge is 0.331 e. The standard InChI is InChI=1S/C19H21N3O3/c1-12(2)17(19(25)21-7-3-4-15(21)11-23)22-10-14-8-13(9-20)5-6-16(14)18(22)24/h5-6,8,11-12,15,17H,3-4,7,10H2,1-2H3. The van der Waals surface area contributed by atoms with E-state index in [0.29, 0.717) is 30.6 Å². The van der Waals surface area contributed by atoms with Gasteiger partial charge in [0, 0.05) is 18.7 Å². The van der Waals surface area contributed by atoms with Gasteiger partial charge in [0.1, 0.15) is 12.3 Å². The number of benzene rings is 1. The van der Waals surface area contributed by atoms with Crippen LogP contribution in [0.25, 0.3) is 0 Å². The van der Waals surface area contributed by atoms with E-state index in [2.05, 4.69) is 6.07 Å². The number of fused-ring (bicyclic) bond motifs is 1. The molecule has 2 aliphatic rings. The zero-order valence-corrected chi connectivity index (χ0v) is 14.4. The summed E-state index contributed by atoms with van der Waals surface area (Å²) in [6, 6.07) is 6.06. The summed E-state index contributed by atoms with van der Waals surface area (Å²) in [7, 11) is 0.